The second-order valence-corrected chi connectivity index (χ2v) is 2.11. The van der Waals surface area contributed by atoms with Crippen LogP contribution >= 0.6 is 0 Å². The average Bonchev–Trinajstić information content (AvgIpc) is 1.98. The van der Waals surface area contributed by atoms with Crippen molar-refractivity contribution >= 4 is 5.91 Å². The standard InChI is InChI=1S/C5H10N2O/c1-7-4(6)2-3-5(7)8/h4H,2-3,6H2,1H3/t4-/m0/s1. The molecule has 1 aliphatic rings. The Hall–Kier alpha value is -0.570. The third kappa shape index (κ3) is 0.690. The highest BCUT2D eigenvalue weighted by molar-refractivity contribution is 5.78. The number of likely N-dealkylation sites (tertiary alicyclic amines) is 1. The largest absolute Gasteiger partial charge is 0.330 e. The summed E-state index contributed by atoms with van der Waals surface area (Å²) in [6.07, 6.45) is 1.41. The quantitative estimate of drug-likeness (QED) is 0.462. The van der Waals surface area contributed by atoms with Gasteiger partial charge in [-0.3, -0.25) is 4.79 Å². The number of rotatable bonds is 0. The molecule has 1 heterocycles. The molecule has 0 saturated carbocycles. The maximum absolute atomic E-state index is 10.6. The van der Waals surface area contributed by atoms with Crippen LogP contribution in [0.25, 0.3) is 0 Å². The summed E-state index contributed by atoms with van der Waals surface area (Å²) in [6.45, 7) is 0. The maximum atomic E-state index is 10.6. The molecule has 0 aromatic carbocycles. The molecule has 0 unspecified atom stereocenters. The van der Waals surface area contributed by atoms with Crippen LogP contribution in [0.15, 0.2) is 0 Å². The fourth-order valence-corrected chi connectivity index (χ4v) is 0.826. The Balaban J connectivity index is 2.56. The number of nitrogens with zero attached hydrogens (tertiary/aromatic N) is 1. The number of carbonyl (C=O) groups excluding carboxylic acids is 1. The number of nitrogens with two attached hydrogens (primary N) is 1. The van der Waals surface area contributed by atoms with Crippen LogP contribution in [-0.4, -0.2) is 24.0 Å². The van der Waals surface area contributed by atoms with E-state index in [0.29, 0.717) is 6.42 Å². The fourth-order valence-electron chi connectivity index (χ4n) is 0.826. The lowest BCUT2D eigenvalue weighted by Gasteiger charge is -2.13. The van der Waals surface area contributed by atoms with Crippen molar-refractivity contribution in [3.05, 3.63) is 0 Å². The predicted octanol–water partition coefficient (Wildman–Crippen LogP) is -0.477. The number of hydrogen-bond acceptors (Lipinski definition) is 2. The van der Waals surface area contributed by atoms with E-state index in [-0.39, 0.29) is 12.1 Å². The molecule has 1 saturated heterocycles. The lowest BCUT2D eigenvalue weighted by Crippen LogP contribution is -2.35. The van der Waals surface area contributed by atoms with Gasteiger partial charge in [0.05, 0.1) is 6.17 Å². The highest BCUT2D eigenvalue weighted by Gasteiger charge is 2.23. The van der Waals surface area contributed by atoms with E-state index in [1.54, 1.807) is 11.9 Å². The van der Waals surface area contributed by atoms with Gasteiger partial charge < -0.3 is 10.6 Å². The third-order valence-corrected chi connectivity index (χ3v) is 1.54. The van der Waals surface area contributed by atoms with E-state index in [4.69, 9.17) is 5.73 Å². The summed E-state index contributed by atoms with van der Waals surface area (Å²) in [7, 11) is 1.74. The van der Waals surface area contributed by atoms with E-state index >= 15 is 0 Å². The van der Waals surface area contributed by atoms with Gasteiger partial charge in [0.15, 0.2) is 0 Å². The van der Waals surface area contributed by atoms with Gasteiger partial charge in [0.2, 0.25) is 5.91 Å². The zero-order chi connectivity index (χ0) is 6.15. The molecule has 1 rings (SSSR count). The minimum Gasteiger partial charge on any atom is -0.330 e. The van der Waals surface area contributed by atoms with Gasteiger partial charge in [-0.25, -0.2) is 0 Å². The minimum atomic E-state index is -0.0255. The van der Waals surface area contributed by atoms with Crippen LogP contribution < -0.4 is 5.73 Å². The summed E-state index contributed by atoms with van der Waals surface area (Å²) in [5.74, 6) is 0.164. The molecule has 1 aliphatic heterocycles. The second-order valence-electron chi connectivity index (χ2n) is 2.11. The van der Waals surface area contributed by atoms with Gasteiger partial charge in [0.1, 0.15) is 0 Å². The number of carbonyl (C=O) groups is 1. The van der Waals surface area contributed by atoms with E-state index in [0.717, 1.165) is 6.42 Å². The first-order chi connectivity index (χ1) is 3.72. The zero-order valence-electron chi connectivity index (χ0n) is 4.92. The van der Waals surface area contributed by atoms with Crippen molar-refractivity contribution in [2.45, 2.75) is 19.0 Å². The van der Waals surface area contributed by atoms with Crippen molar-refractivity contribution < 1.29 is 4.79 Å². The van der Waals surface area contributed by atoms with Crippen molar-refractivity contribution in [1.82, 2.24) is 4.90 Å². The van der Waals surface area contributed by atoms with Crippen molar-refractivity contribution in [2.24, 2.45) is 5.73 Å². The van der Waals surface area contributed by atoms with Crippen LogP contribution in [0.3, 0.4) is 0 Å². The zero-order valence-corrected chi connectivity index (χ0v) is 4.92. The topological polar surface area (TPSA) is 46.3 Å². The van der Waals surface area contributed by atoms with Gasteiger partial charge in [-0.05, 0) is 6.42 Å². The second kappa shape index (κ2) is 1.74. The minimum absolute atomic E-state index is 0.0255. The first-order valence-electron chi connectivity index (χ1n) is 2.73. The molecular formula is C5H10N2O. The fraction of sp³-hybridized carbons (Fsp3) is 0.800. The number of hydrogen-bond donors (Lipinski definition) is 1. The highest BCUT2D eigenvalue weighted by atomic mass is 16.2. The SMILES string of the molecule is CN1C(=O)CC[C@H]1N. The monoisotopic (exact) mass is 114 g/mol. The van der Waals surface area contributed by atoms with Gasteiger partial charge in [0, 0.05) is 13.5 Å². The van der Waals surface area contributed by atoms with Crippen LogP contribution in [0.5, 0.6) is 0 Å². The summed E-state index contributed by atoms with van der Waals surface area (Å²) < 4.78 is 0. The lowest BCUT2D eigenvalue weighted by molar-refractivity contribution is -0.127. The van der Waals surface area contributed by atoms with E-state index in [1.165, 1.54) is 0 Å². The van der Waals surface area contributed by atoms with Gasteiger partial charge in [-0.15, -0.1) is 0 Å². The Morgan fingerprint density at radius 2 is 2.50 bits per heavy atom. The molecule has 0 aromatic heterocycles. The molecule has 1 atom stereocenters. The maximum Gasteiger partial charge on any atom is 0.223 e. The van der Waals surface area contributed by atoms with Crippen LogP contribution in [0, 0.1) is 0 Å². The summed E-state index contributed by atoms with van der Waals surface area (Å²) in [4.78, 5) is 12.2. The van der Waals surface area contributed by atoms with Crippen molar-refractivity contribution in [3.63, 3.8) is 0 Å². The van der Waals surface area contributed by atoms with Crippen LogP contribution in [-0.2, 0) is 4.79 Å². The van der Waals surface area contributed by atoms with E-state index in [2.05, 4.69) is 0 Å². The van der Waals surface area contributed by atoms with Crippen LogP contribution in [0.4, 0.5) is 0 Å². The van der Waals surface area contributed by atoms with Crippen molar-refractivity contribution in [3.8, 4) is 0 Å². The number of amides is 1. The molecule has 1 fully saturated rings. The summed E-state index contributed by atoms with van der Waals surface area (Å²) in [6, 6.07) is 0. The Bertz CT molecular complexity index is 113. The van der Waals surface area contributed by atoms with Crippen LogP contribution in [0.2, 0.25) is 0 Å². The molecule has 0 radical (unpaired) electrons. The average molecular weight is 114 g/mol. The molecule has 0 spiro atoms. The Morgan fingerprint density at radius 1 is 1.88 bits per heavy atom. The highest BCUT2D eigenvalue weighted by Crippen LogP contribution is 2.10. The first kappa shape index (κ1) is 5.56. The molecule has 0 aromatic rings. The molecule has 46 valence electrons. The van der Waals surface area contributed by atoms with Crippen molar-refractivity contribution in [1.29, 1.82) is 0 Å². The molecule has 0 bridgehead atoms. The predicted molar refractivity (Wildman–Crippen MR) is 30.0 cm³/mol. The van der Waals surface area contributed by atoms with E-state index < -0.39 is 0 Å². The molecule has 1 amide bonds. The summed E-state index contributed by atoms with van der Waals surface area (Å²) >= 11 is 0. The normalized spacial score (nSPS) is 29.5. The Kier molecular flexibility index (Phi) is 1.21. The molecule has 3 nitrogen and oxygen atoms in total. The molecule has 8 heavy (non-hydrogen) atoms. The smallest absolute Gasteiger partial charge is 0.223 e. The molecular weight excluding hydrogens is 104 g/mol. The molecule has 2 N–H and O–H groups in total. The summed E-state index contributed by atoms with van der Waals surface area (Å²) in [5.41, 5.74) is 5.47. The van der Waals surface area contributed by atoms with Gasteiger partial charge >= 0.3 is 0 Å². The lowest BCUT2D eigenvalue weighted by atomic mass is 10.3. The summed E-state index contributed by atoms with van der Waals surface area (Å²) in [5, 5.41) is 0. The van der Waals surface area contributed by atoms with Crippen molar-refractivity contribution in [2.75, 3.05) is 7.05 Å². The van der Waals surface area contributed by atoms with Gasteiger partial charge in [-0.1, -0.05) is 0 Å². The molecule has 0 aliphatic carbocycles. The van der Waals surface area contributed by atoms with Crippen LogP contribution in [0.1, 0.15) is 12.8 Å². The van der Waals surface area contributed by atoms with Gasteiger partial charge in [-0.2, -0.15) is 0 Å². The van der Waals surface area contributed by atoms with E-state index in [1.807, 2.05) is 0 Å². The molecule has 3 heteroatoms. The Morgan fingerprint density at radius 3 is 2.62 bits per heavy atom. The Labute approximate surface area is 48.5 Å². The third-order valence-electron chi connectivity index (χ3n) is 1.54. The van der Waals surface area contributed by atoms with Gasteiger partial charge in [0.25, 0.3) is 0 Å². The first-order valence-corrected chi connectivity index (χ1v) is 2.73. The van der Waals surface area contributed by atoms with E-state index in [9.17, 15) is 4.79 Å².